The minimum Gasteiger partial charge on any atom is -0.494 e. The van der Waals surface area contributed by atoms with Crippen LogP contribution in [0.3, 0.4) is 0 Å². The van der Waals surface area contributed by atoms with Crippen LogP contribution in [0, 0.1) is 0 Å². The summed E-state index contributed by atoms with van der Waals surface area (Å²) in [4.78, 5) is 6.63. The maximum absolute atomic E-state index is 5.70. The van der Waals surface area contributed by atoms with Gasteiger partial charge in [0, 0.05) is 38.9 Å². The molecular formula is C19H32N4O2. The average Bonchev–Trinajstić information content (AvgIpc) is 2.65. The standard InChI is InChI=1S/C19H32N4O2/c1-20-18(21-12-7-13-25-17-8-5-4-6-9-17)22-16-19(23(2)3)10-14-24-15-11-19/h4-6,8-9H,7,10-16H2,1-3H3,(H2,20,21,22). The summed E-state index contributed by atoms with van der Waals surface area (Å²) in [5.74, 6) is 1.75. The highest BCUT2D eigenvalue weighted by molar-refractivity contribution is 5.79. The topological polar surface area (TPSA) is 58.1 Å². The van der Waals surface area contributed by atoms with Gasteiger partial charge in [-0.25, -0.2) is 0 Å². The maximum atomic E-state index is 5.70. The summed E-state index contributed by atoms with van der Waals surface area (Å²) >= 11 is 0. The van der Waals surface area contributed by atoms with Crippen molar-refractivity contribution in [3.8, 4) is 5.75 Å². The van der Waals surface area contributed by atoms with Crippen LogP contribution in [0.2, 0.25) is 0 Å². The summed E-state index contributed by atoms with van der Waals surface area (Å²) in [6.07, 6.45) is 2.99. The van der Waals surface area contributed by atoms with Crippen molar-refractivity contribution in [3.05, 3.63) is 30.3 Å². The Bertz CT molecular complexity index is 513. The van der Waals surface area contributed by atoms with Gasteiger partial charge in [-0.15, -0.1) is 0 Å². The second kappa shape index (κ2) is 10.3. The lowest BCUT2D eigenvalue weighted by molar-refractivity contribution is -0.00501. The lowest BCUT2D eigenvalue weighted by Crippen LogP contribution is -2.57. The van der Waals surface area contributed by atoms with Crippen molar-refractivity contribution < 1.29 is 9.47 Å². The van der Waals surface area contributed by atoms with E-state index in [1.807, 2.05) is 37.4 Å². The molecule has 6 heteroatoms. The highest BCUT2D eigenvalue weighted by atomic mass is 16.5. The first kappa shape index (κ1) is 19.5. The molecule has 1 aromatic carbocycles. The molecule has 1 saturated heterocycles. The average molecular weight is 348 g/mol. The largest absolute Gasteiger partial charge is 0.494 e. The number of hydrogen-bond donors (Lipinski definition) is 2. The summed E-state index contributed by atoms with van der Waals surface area (Å²) < 4.78 is 11.2. The zero-order chi connectivity index (χ0) is 18.0. The Morgan fingerprint density at radius 3 is 2.56 bits per heavy atom. The molecule has 0 spiro atoms. The Morgan fingerprint density at radius 2 is 1.92 bits per heavy atom. The summed E-state index contributed by atoms with van der Waals surface area (Å²) in [6, 6.07) is 9.90. The third-order valence-corrected chi connectivity index (χ3v) is 4.81. The van der Waals surface area contributed by atoms with Gasteiger partial charge in [-0.05, 0) is 45.5 Å². The van der Waals surface area contributed by atoms with Gasteiger partial charge in [0.25, 0.3) is 0 Å². The highest BCUT2D eigenvalue weighted by Crippen LogP contribution is 2.24. The van der Waals surface area contributed by atoms with Gasteiger partial charge in [-0.3, -0.25) is 4.99 Å². The summed E-state index contributed by atoms with van der Waals surface area (Å²) in [6.45, 7) is 4.02. The monoisotopic (exact) mass is 348 g/mol. The smallest absolute Gasteiger partial charge is 0.191 e. The van der Waals surface area contributed by atoms with E-state index in [0.717, 1.165) is 57.3 Å². The summed E-state index contributed by atoms with van der Waals surface area (Å²) in [5, 5.41) is 6.83. The first-order valence-corrected chi connectivity index (χ1v) is 9.04. The molecule has 0 amide bonds. The molecule has 2 rings (SSSR count). The van der Waals surface area contributed by atoms with Crippen molar-refractivity contribution in [3.63, 3.8) is 0 Å². The normalized spacial score (nSPS) is 17.4. The molecule has 0 saturated carbocycles. The van der Waals surface area contributed by atoms with Crippen LogP contribution in [0.1, 0.15) is 19.3 Å². The lowest BCUT2D eigenvalue weighted by Gasteiger charge is -2.43. The lowest BCUT2D eigenvalue weighted by atomic mass is 9.88. The van der Waals surface area contributed by atoms with Crippen molar-refractivity contribution in [1.82, 2.24) is 15.5 Å². The Labute approximate surface area is 151 Å². The van der Waals surface area contributed by atoms with Gasteiger partial charge in [0.1, 0.15) is 5.75 Å². The minimum atomic E-state index is 0.131. The predicted octanol–water partition coefficient (Wildman–Crippen LogP) is 1.73. The number of guanidine groups is 1. The van der Waals surface area contributed by atoms with Gasteiger partial charge < -0.3 is 25.0 Å². The summed E-state index contributed by atoms with van der Waals surface area (Å²) in [7, 11) is 6.09. The number of hydrogen-bond acceptors (Lipinski definition) is 4. The van der Waals surface area contributed by atoms with Crippen LogP contribution in [-0.4, -0.2) is 70.5 Å². The molecule has 1 aliphatic rings. The van der Waals surface area contributed by atoms with Gasteiger partial charge in [0.05, 0.1) is 6.61 Å². The number of nitrogens with zero attached hydrogens (tertiary/aromatic N) is 2. The molecule has 0 radical (unpaired) electrons. The van der Waals surface area contributed by atoms with Crippen molar-refractivity contribution >= 4 is 5.96 Å². The number of likely N-dealkylation sites (N-methyl/N-ethyl adjacent to an activating group) is 1. The second-order valence-electron chi connectivity index (χ2n) is 6.60. The molecule has 1 aromatic rings. The van der Waals surface area contributed by atoms with E-state index < -0.39 is 0 Å². The fraction of sp³-hybridized carbons (Fsp3) is 0.632. The first-order valence-electron chi connectivity index (χ1n) is 9.04. The molecule has 1 heterocycles. The van der Waals surface area contributed by atoms with Gasteiger partial charge in [0.2, 0.25) is 0 Å². The molecule has 1 fully saturated rings. The van der Waals surface area contributed by atoms with Crippen LogP contribution < -0.4 is 15.4 Å². The fourth-order valence-corrected chi connectivity index (χ4v) is 2.99. The van der Waals surface area contributed by atoms with E-state index in [2.05, 4.69) is 34.6 Å². The molecule has 0 unspecified atom stereocenters. The van der Waals surface area contributed by atoms with Crippen LogP contribution in [0.5, 0.6) is 5.75 Å². The molecule has 0 aliphatic carbocycles. The zero-order valence-corrected chi connectivity index (χ0v) is 15.8. The van der Waals surface area contributed by atoms with E-state index in [-0.39, 0.29) is 5.54 Å². The van der Waals surface area contributed by atoms with Gasteiger partial charge in [0.15, 0.2) is 5.96 Å². The number of para-hydroxylation sites is 1. The van der Waals surface area contributed by atoms with Crippen LogP contribution in [0.15, 0.2) is 35.3 Å². The van der Waals surface area contributed by atoms with Gasteiger partial charge in [-0.2, -0.15) is 0 Å². The molecular weight excluding hydrogens is 316 g/mol. The van der Waals surface area contributed by atoms with Crippen molar-refractivity contribution in [2.45, 2.75) is 24.8 Å². The molecule has 0 atom stereocenters. The second-order valence-corrected chi connectivity index (χ2v) is 6.60. The van der Waals surface area contributed by atoms with Crippen LogP contribution in [0.4, 0.5) is 0 Å². The first-order chi connectivity index (χ1) is 12.2. The maximum Gasteiger partial charge on any atom is 0.191 e. The third-order valence-electron chi connectivity index (χ3n) is 4.81. The van der Waals surface area contributed by atoms with Crippen LogP contribution in [-0.2, 0) is 4.74 Å². The molecule has 1 aliphatic heterocycles. The Hall–Kier alpha value is -1.79. The number of rotatable bonds is 8. The molecule has 0 bridgehead atoms. The van der Waals surface area contributed by atoms with E-state index in [4.69, 9.17) is 9.47 Å². The minimum absolute atomic E-state index is 0.131. The van der Waals surface area contributed by atoms with E-state index in [0.29, 0.717) is 6.61 Å². The highest BCUT2D eigenvalue weighted by Gasteiger charge is 2.34. The molecule has 140 valence electrons. The third kappa shape index (κ3) is 6.21. The Balaban J connectivity index is 1.68. The van der Waals surface area contributed by atoms with Crippen molar-refractivity contribution in [2.24, 2.45) is 4.99 Å². The van der Waals surface area contributed by atoms with E-state index >= 15 is 0 Å². The van der Waals surface area contributed by atoms with Crippen molar-refractivity contribution in [1.29, 1.82) is 0 Å². The number of benzene rings is 1. The van der Waals surface area contributed by atoms with E-state index in [1.165, 1.54) is 0 Å². The van der Waals surface area contributed by atoms with Gasteiger partial charge in [-0.1, -0.05) is 18.2 Å². The zero-order valence-electron chi connectivity index (χ0n) is 15.8. The predicted molar refractivity (Wildman–Crippen MR) is 102 cm³/mol. The molecule has 25 heavy (non-hydrogen) atoms. The van der Waals surface area contributed by atoms with Gasteiger partial charge >= 0.3 is 0 Å². The molecule has 6 nitrogen and oxygen atoms in total. The van der Waals surface area contributed by atoms with Crippen LogP contribution >= 0.6 is 0 Å². The van der Waals surface area contributed by atoms with Crippen molar-refractivity contribution in [2.75, 3.05) is 54.1 Å². The SMILES string of the molecule is CN=C(NCCCOc1ccccc1)NCC1(N(C)C)CCOCC1. The number of ether oxygens (including phenoxy) is 2. The van der Waals surface area contributed by atoms with E-state index in [9.17, 15) is 0 Å². The number of aliphatic imine (C=N–C) groups is 1. The summed E-state index contributed by atoms with van der Waals surface area (Å²) in [5.41, 5.74) is 0.131. The quantitative estimate of drug-likeness (QED) is 0.426. The number of nitrogens with one attached hydrogen (secondary N) is 2. The van der Waals surface area contributed by atoms with Crippen LogP contribution in [0.25, 0.3) is 0 Å². The Kier molecular flexibility index (Phi) is 8.01. The fourth-order valence-electron chi connectivity index (χ4n) is 2.99. The molecule has 0 aromatic heterocycles. The molecule has 2 N–H and O–H groups in total. The van der Waals surface area contributed by atoms with E-state index in [1.54, 1.807) is 0 Å². The Morgan fingerprint density at radius 1 is 1.20 bits per heavy atom.